The second-order valence-electron chi connectivity index (χ2n) is 7.12. The van der Waals surface area contributed by atoms with Crippen molar-refractivity contribution in [2.75, 3.05) is 0 Å². The summed E-state index contributed by atoms with van der Waals surface area (Å²) in [6, 6.07) is 0. The van der Waals surface area contributed by atoms with E-state index in [1.165, 1.54) is 5.57 Å². The zero-order valence-corrected chi connectivity index (χ0v) is 14.8. The zero-order valence-electron chi connectivity index (χ0n) is 14.8. The maximum atomic E-state index is 11.3. The highest BCUT2D eigenvalue weighted by Crippen LogP contribution is 2.37. The SMILES string of the molecule is CC(=O)CCC1CC=C(CCC=C(C)C)CC1CCC(C)=O. The van der Waals surface area contributed by atoms with Gasteiger partial charge in [0.25, 0.3) is 0 Å². The molecule has 0 fully saturated rings. The van der Waals surface area contributed by atoms with E-state index in [2.05, 4.69) is 26.0 Å². The minimum absolute atomic E-state index is 0.281. The Labute approximate surface area is 136 Å². The lowest BCUT2D eigenvalue weighted by molar-refractivity contribution is -0.118. The largest absolute Gasteiger partial charge is 0.300 e. The van der Waals surface area contributed by atoms with Crippen molar-refractivity contribution in [1.82, 2.24) is 0 Å². The van der Waals surface area contributed by atoms with Crippen LogP contribution >= 0.6 is 0 Å². The van der Waals surface area contributed by atoms with E-state index in [0.29, 0.717) is 24.7 Å². The van der Waals surface area contributed by atoms with Crippen molar-refractivity contribution in [2.45, 2.75) is 79.1 Å². The highest BCUT2D eigenvalue weighted by Gasteiger charge is 2.25. The first-order chi connectivity index (χ1) is 10.4. The molecule has 0 aromatic rings. The van der Waals surface area contributed by atoms with Crippen LogP contribution in [-0.2, 0) is 9.59 Å². The molecule has 0 saturated heterocycles. The Hall–Kier alpha value is -1.18. The Kier molecular flexibility index (Phi) is 8.37. The van der Waals surface area contributed by atoms with Crippen LogP contribution in [0, 0.1) is 11.8 Å². The zero-order chi connectivity index (χ0) is 16.5. The van der Waals surface area contributed by atoms with Crippen LogP contribution in [0.15, 0.2) is 23.3 Å². The first-order valence-corrected chi connectivity index (χ1v) is 8.68. The van der Waals surface area contributed by atoms with E-state index in [1.54, 1.807) is 19.4 Å². The van der Waals surface area contributed by atoms with Gasteiger partial charge in [-0.05, 0) is 78.1 Å². The Bertz CT molecular complexity index is 439. The number of rotatable bonds is 9. The van der Waals surface area contributed by atoms with Gasteiger partial charge in [-0.25, -0.2) is 0 Å². The van der Waals surface area contributed by atoms with Gasteiger partial charge in [0.1, 0.15) is 11.6 Å². The van der Waals surface area contributed by atoms with E-state index in [-0.39, 0.29) is 11.6 Å². The van der Waals surface area contributed by atoms with Gasteiger partial charge in [-0.2, -0.15) is 0 Å². The van der Waals surface area contributed by atoms with Gasteiger partial charge in [0, 0.05) is 12.8 Å². The number of hydrogen-bond acceptors (Lipinski definition) is 2. The van der Waals surface area contributed by atoms with Crippen LogP contribution in [0.5, 0.6) is 0 Å². The molecule has 0 aromatic heterocycles. The Morgan fingerprint density at radius 2 is 1.64 bits per heavy atom. The summed E-state index contributed by atoms with van der Waals surface area (Å²) in [4.78, 5) is 22.6. The molecule has 0 spiro atoms. The standard InChI is InChI=1S/C20H32O2/c1-15(2)6-5-7-18-10-13-19(11-8-16(3)21)20(14-18)12-9-17(4)22/h6,10,19-20H,5,7-9,11-14H2,1-4H3. The number of ketones is 2. The molecular formula is C20H32O2. The van der Waals surface area contributed by atoms with Crippen LogP contribution in [0.25, 0.3) is 0 Å². The molecule has 0 radical (unpaired) electrons. The summed E-state index contributed by atoms with van der Waals surface area (Å²) in [5, 5.41) is 0. The molecule has 1 rings (SSSR count). The van der Waals surface area contributed by atoms with Gasteiger partial charge in [0.2, 0.25) is 0 Å². The molecule has 2 atom stereocenters. The highest BCUT2D eigenvalue weighted by molar-refractivity contribution is 5.75. The molecule has 0 saturated carbocycles. The molecule has 0 aliphatic heterocycles. The topological polar surface area (TPSA) is 34.1 Å². The van der Waals surface area contributed by atoms with Crippen molar-refractivity contribution in [2.24, 2.45) is 11.8 Å². The monoisotopic (exact) mass is 304 g/mol. The van der Waals surface area contributed by atoms with Crippen molar-refractivity contribution < 1.29 is 9.59 Å². The number of Topliss-reactive ketones (excluding diaryl/α,β-unsaturated/α-hetero) is 2. The molecule has 0 N–H and O–H groups in total. The third kappa shape index (κ3) is 7.72. The minimum atomic E-state index is 0.281. The fourth-order valence-electron chi connectivity index (χ4n) is 3.32. The number of hydrogen-bond donors (Lipinski definition) is 0. The van der Waals surface area contributed by atoms with Crippen molar-refractivity contribution in [1.29, 1.82) is 0 Å². The predicted octanol–water partition coefficient (Wildman–Crippen LogP) is 5.42. The van der Waals surface area contributed by atoms with E-state index >= 15 is 0 Å². The lowest BCUT2D eigenvalue weighted by Gasteiger charge is -2.31. The summed E-state index contributed by atoms with van der Waals surface area (Å²) in [6.07, 6.45) is 12.5. The van der Waals surface area contributed by atoms with Crippen molar-refractivity contribution in [3.05, 3.63) is 23.3 Å². The van der Waals surface area contributed by atoms with Crippen LogP contribution < -0.4 is 0 Å². The third-order valence-electron chi connectivity index (χ3n) is 4.65. The molecule has 0 amide bonds. The van der Waals surface area contributed by atoms with E-state index in [0.717, 1.165) is 38.5 Å². The maximum absolute atomic E-state index is 11.3. The molecule has 2 unspecified atom stereocenters. The normalized spacial score (nSPS) is 21.2. The lowest BCUT2D eigenvalue weighted by Crippen LogP contribution is -2.21. The third-order valence-corrected chi connectivity index (χ3v) is 4.65. The molecule has 1 aliphatic carbocycles. The van der Waals surface area contributed by atoms with Gasteiger partial charge < -0.3 is 9.59 Å². The van der Waals surface area contributed by atoms with Crippen molar-refractivity contribution >= 4 is 11.6 Å². The molecule has 0 bridgehead atoms. The van der Waals surface area contributed by atoms with Crippen LogP contribution in [-0.4, -0.2) is 11.6 Å². The summed E-state index contributed by atoms with van der Waals surface area (Å²) >= 11 is 0. The Morgan fingerprint density at radius 3 is 2.18 bits per heavy atom. The van der Waals surface area contributed by atoms with Crippen LogP contribution in [0.4, 0.5) is 0 Å². The molecule has 0 aromatic carbocycles. The summed E-state index contributed by atoms with van der Waals surface area (Å²) in [5.74, 6) is 1.72. The average Bonchev–Trinajstić information content (AvgIpc) is 2.43. The summed E-state index contributed by atoms with van der Waals surface area (Å²) < 4.78 is 0. The quantitative estimate of drug-likeness (QED) is 0.533. The fraction of sp³-hybridized carbons (Fsp3) is 0.700. The van der Waals surface area contributed by atoms with E-state index in [1.807, 2.05) is 0 Å². The lowest BCUT2D eigenvalue weighted by atomic mass is 9.74. The Morgan fingerprint density at radius 1 is 1.05 bits per heavy atom. The molecule has 124 valence electrons. The van der Waals surface area contributed by atoms with Crippen LogP contribution in [0.1, 0.15) is 79.1 Å². The van der Waals surface area contributed by atoms with Gasteiger partial charge in [-0.15, -0.1) is 0 Å². The number of carbonyl (C=O) groups excluding carboxylic acids is 2. The first-order valence-electron chi connectivity index (χ1n) is 8.68. The molecule has 2 nitrogen and oxygen atoms in total. The first kappa shape index (κ1) is 18.9. The molecule has 1 aliphatic rings. The van der Waals surface area contributed by atoms with Crippen LogP contribution in [0.2, 0.25) is 0 Å². The second kappa shape index (κ2) is 9.76. The van der Waals surface area contributed by atoms with Gasteiger partial charge in [-0.3, -0.25) is 0 Å². The van der Waals surface area contributed by atoms with Gasteiger partial charge in [0.15, 0.2) is 0 Å². The smallest absolute Gasteiger partial charge is 0.129 e. The maximum Gasteiger partial charge on any atom is 0.129 e. The fourth-order valence-corrected chi connectivity index (χ4v) is 3.32. The van der Waals surface area contributed by atoms with E-state index < -0.39 is 0 Å². The van der Waals surface area contributed by atoms with Crippen molar-refractivity contribution in [3.8, 4) is 0 Å². The summed E-state index contributed by atoms with van der Waals surface area (Å²) in [7, 11) is 0. The highest BCUT2D eigenvalue weighted by atomic mass is 16.1. The van der Waals surface area contributed by atoms with E-state index in [4.69, 9.17) is 0 Å². The van der Waals surface area contributed by atoms with Gasteiger partial charge in [-0.1, -0.05) is 23.3 Å². The molecular weight excluding hydrogens is 272 g/mol. The van der Waals surface area contributed by atoms with E-state index in [9.17, 15) is 9.59 Å². The Balaban J connectivity index is 2.60. The molecule has 22 heavy (non-hydrogen) atoms. The van der Waals surface area contributed by atoms with Crippen LogP contribution in [0.3, 0.4) is 0 Å². The van der Waals surface area contributed by atoms with Gasteiger partial charge >= 0.3 is 0 Å². The van der Waals surface area contributed by atoms with Gasteiger partial charge in [0.05, 0.1) is 0 Å². The number of allylic oxidation sites excluding steroid dienone is 4. The van der Waals surface area contributed by atoms with Crippen molar-refractivity contribution in [3.63, 3.8) is 0 Å². The molecule has 2 heteroatoms. The minimum Gasteiger partial charge on any atom is -0.300 e. The average molecular weight is 304 g/mol. The summed E-state index contributed by atoms with van der Waals surface area (Å²) in [5.41, 5.74) is 2.93. The summed E-state index contributed by atoms with van der Waals surface area (Å²) in [6.45, 7) is 7.64. The molecule has 0 heterocycles. The number of carbonyl (C=O) groups is 2. The predicted molar refractivity (Wildman–Crippen MR) is 92.8 cm³/mol. The second-order valence-corrected chi connectivity index (χ2v) is 7.12.